The second kappa shape index (κ2) is 7.13. The van der Waals surface area contributed by atoms with E-state index < -0.39 is 5.92 Å². The smallest absolute Gasteiger partial charge is 0.229 e. The van der Waals surface area contributed by atoms with Gasteiger partial charge in [0.2, 0.25) is 11.8 Å². The molecule has 3 rings (SSSR count). The zero-order valence-corrected chi connectivity index (χ0v) is 15.5. The number of rotatable bonds is 3. The van der Waals surface area contributed by atoms with Gasteiger partial charge in [-0.1, -0.05) is 39.1 Å². The minimum absolute atomic E-state index is 0.143. The third-order valence-electron chi connectivity index (χ3n) is 3.81. The number of nitrogens with one attached hydrogen (secondary N) is 1. The molecule has 1 aliphatic heterocycles. The molecule has 4 nitrogen and oxygen atoms in total. The molecule has 0 unspecified atom stereocenters. The molecule has 2 amide bonds. The van der Waals surface area contributed by atoms with E-state index in [0.29, 0.717) is 21.4 Å². The maximum Gasteiger partial charge on any atom is 0.229 e. The number of carbonyl (C=O) groups is 2. The van der Waals surface area contributed by atoms with Crippen molar-refractivity contribution in [2.24, 2.45) is 5.92 Å². The van der Waals surface area contributed by atoms with E-state index in [1.54, 1.807) is 30.3 Å². The Morgan fingerprint density at radius 2 is 1.88 bits per heavy atom. The molecule has 0 spiro atoms. The topological polar surface area (TPSA) is 49.4 Å². The van der Waals surface area contributed by atoms with Gasteiger partial charge >= 0.3 is 0 Å². The van der Waals surface area contributed by atoms with Crippen molar-refractivity contribution in [2.45, 2.75) is 6.42 Å². The number of hydrogen-bond donors (Lipinski definition) is 1. The van der Waals surface area contributed by atoms with Crippen molar-refractivity contribution in [3.63, 3.8) is 0 Å². The van der Waals surface area contributed by atoms with Gasteiger partial charge in [-0.05, 0) is 42.5 Å². The fraction of sp³-hybridized carbons (Fsp3) is 0.176. The highest BCUT2D eigenvalue weighted by Gasteiger charge is 2.36. The zero-order valence-electron chi connectivity index (χ0n) is 12.4. The van der Waals surface area contributed by atoms with Crippen LogP contribution in [0.15, 0.2) is 46.9 Å². The Morgan fingerprint density at radius 1 is 1.17 bits per heavy atom. The van der Waals surface area contributed by atoms with E-state index in [0.717, 1.165) is 4.47 Å². The molecule has 1 aliphatic rings. The van der Waals surface area contributed by atoms with Crippen LogP contribution in [0.3, 0.4) is 0 Å². The van der Waals surface area contributed by atoms with Crippen LogP contribution in [0.1, 0.15) is 6.42 Å². The summed E-state index contributed by atoms with van der Waals surface area (Å²) in [4.78, 5) is 26.2. The molecule has 2 aromatic carbocycles. The molecule has 1 saturated heterocycles. The van der Waals surface area contributed by atoms with Crippen molar-refractivity contribution in [1.29, 1.82) is 0 Å². The summed E-state index contributed by atoms with van der Waals surface area (Å²) in [5.74, 6) is -0.766. The summed E-state index contributed by atoms with van der Waals surface area (Å²) in [7, 11) is 0. The predicted octanol–water partition coefficient (Wildman–Crippen LogP) is 4.75. The first-order chi connectivity index (χ1) is 11.4. The molecule has 1 fully saturated rings. The van der Waals surface area contributed by atoms with Crippen molar-refractivity contribution in [1.82, 2.24) is 0 Å². The van der Waals surface area contributed by atoms with E-state index in [4.69, 9.17) is 23.2 Å². The monoisotopic (exact) mass is 426 g/mol. The van der Waals surface area contributed by atoms with E-state index in [2.05, 4.69) is 21.2 Å². The number of amides is 2. The van der Waals surface area contributed by atoms with Crippen LogP contribution in [0.5, 0.6) is 0 Å². The molecule has 0 radical (unpaired) electrons. The van der Waals surface area contributed by atoms with Crippen LogP contribution in [0.25, 0.3) is 0 Å². The van der Waals surface area contributed by atoms with E-state index >= 15 is 0 Å². The fourth-order valence-corrected chi connectivity index (χ4v) is 3.24. The summed E-state index contributed by atoms with van der Waals surface area (Å²) in [6, 6.07) is 12.2. The quantitative estimate of drug-likeness (QED) is 0.768. The molecule has 1 N–H and O–H groups in total. The summed E-state index contributed by atoms with van der Waals surface area (Å²) in [5.41, 5.74) is 1.22. The van der Waals surface area contributed by atoms with Gasteiger partial charge in [-0.15, -0.1) is 0 Å². The van der Waals surface area contributed by atoms with Gasteiger partial charge in [0.15, 0.2) is 0 Å². The average Bonchev–Trinajstić information content (AvgIpc) is 2.94. The molecular formula is C17H13BrCl2N2O2. The van der Waals surface area contributed by atoms with Crippen LogP contribution < -0.4 is 10.2 Å². The lowest BCUT2D eigenvalue weighted by atomic mass is 10.1. The summed E-state index contributed by atoms with van der Waals surface area (Å²) < 4.78 is 0.929. The zero-order chi connectivity index (χ0) is 17.3. The first-order valence-electron chi connectivity index (χ1n) is 7.26. The maximum atomic E-state index is 12.4. The summed E-state index contributed by atoms with van der Waals surface area (Å²) in [5, 5.41) is 3.75. The van der Waals surface area contributed by atoms with Crippen molar-refractivity contribution in [3.05, 3.63) is 57.0 Å². The third-order valence-corrected chi connectivity index (χ3v) is 4.89. The van der Waals surface area contributed by atoms with Gasteiger partial charge in [0.05, 0.1) is 16.6 Å². The molecule has 124 valence electrons. The van der Waals surface area contributed by atoms with E-state index in [1.807, 2.05) is 12.1 Å². The number of halogens is 3. The van der Waals surface area contributed by atoms with E-state index in [1.165, 1.54) is 4.90 Å². The third kappa shape index (κ3) is 3.74. The SMILES string of the molecule is O=C(Nc1ccc(Br)cc1)[C@@H]1CC(=O)N(c2cc(Cl)ccc2Cl)C1. The molecule has 0 saturated carbocycles. The molecule has 1 heterocycles. The fourth-order valence-electron chi connectivity index (χ4n) is 2.59. The lowest BCUT2D eigenvalue weighted by Gasteiger charge is -2.18. The van der Waals surface area contributed by atoms with Crippen molar-refractivity contribution in [2.75, 3.05) is 16.8 Å². The van der Waals surface area contributed by atoms with Gasteiger partial charge in [-0.2, -0.15) is 0 Å². The molecule has 0 aliphatic carbocycles. The largest absolute Gasteiger partial charge is 0.326 e. The average molecular weight is 428 g/mol. The van der Waals surface area contributed by atoms with E-state index in [9.17, 15) is 9.59 Å². The molecule has 0 bridgehead atoms. The molecule has 1 atom stereocenters. The minimum atomic E-state index is -0.434. The summed E-state index contributed by atoms with van der Waals surface area (Å²) >= 11 is 15.5. The normalized spacial score (nSPS) is 17.2. The Balaban J connectivity index is 1.73. The van der Waals surface area contributed by atoms with Crippen LogP contribution in [0, 0.1) is 5.92 Å². The predicted molar refractivity (Wildman–Crippen MR) is 99.7 cm³/mol. The van der Waals surface area contributed by atoms with Crippen LogP contribution in [0.2, 0.25) is 10.0 Å². The highest BCUT2D eigenvalue weighted by molar-refractivity contribution is 9.10. The lowest BCUT2D eigenvalue weighted by Crippen LogP contribution is -2.28. The Bertz CT molecular complexity index is 796. The highest BCUT2D eigenvalue weighted by Crippen LogP contribution is 2.33. The molecule has 2 aromatic rings. The van der Waals surface area contributed by atoms with Crippen molar-refractivity contribution < 1.29 is 9.59 Å². The highest BCUT2D eigenvalue weighted by atomic mass is 79.9. The van der Waals surface area contributed by atoms with Gasteiger partial charge in [0.1, 0.15) is 0 Å². The number of nitrogens with zero attached hydrogens (tertiary/aromatic N) is 1. The first kappa shape index (κ1) is 17.3. The molecule has 0 aromatic heterocycles. The van der Waals surface area contributed by atoms with Gasteiger partial charge < -0.3 is 10.2 Å². The van der Waals surface area contributed by atoms with Gasteiger partial charge in [-0.25, -0.2) is 0 Å². The number of anilines is 2. The standard InChI is InChI=1S/C17H13BrCl2N2O2/c18-11-1-4-13(5-2-11)21-17(24)10-7-16(23)22(9-10)15-8-12(19)3-6-14(15)20/h1-6,8,10H,7,9H2,(H,21,24)/t10-/m1/s1. The Kier molecular flexibility index (Phi) is 5.13. The van der Waals surface area contributed by atoms with Crippen LogP contribution >= 0.6 is 39.1 Å². The molecule has 7 heteroatoms. The van der Waals surface area contributed by atoms with Gasteiger partial charge in [-0.3, -0.25) is 9.59 Å². The Hall–Kier alpha value is -1.56. The maximum absolute atomic E-state index is 12.4. The Morgan fingerprint density at radius 3 is 2.58 bits per heavy atom. The van der Waals surface area contributed by atoms with Crippen molar-refractivity contribution >= 4 is 62.3 Å². The van der Waals surface area contributed by atoms with Crippen LogP contribution in [0.4, 0.5) is 11.4 Å². The number of carbonyl (C=O) groups excluding carboxylic acids is 2. The number of hydrogen-bond acceptors (Lipinski definition) is 2. The molecule has 24 heavy (non-hydrogen) atoms. The number of benzene rings is 2. The second-order valence-electron chi connectivity index (χ2n) is 5.50. The van der Waals surface area contributed by atoms with Crippen LogP contribution in [-0.4, -0.2) is 18.4 Å². The van der Waals surface area contributed by atoms with Crippen molar-refractivity contribution in [3.8, 4) is 0 Å². The first-order valence-corrected chi connectivity index (χ1v) is 8.81. The summed E-state index contributed by atoms with van der Waals surface area (Å²) in [6.45, 7) is 0.279. The van der Waals surface area contributed by atoms with Gasteiger partial charge in [0, 0.05) is 28.1 Å². The minimum Gasteiger partial charge on any atom is -0.326 e. The van der Waals surface area contributed by atoms with Gasteiger partial charge in [0.25, 0.3) is 0 Å². The second-order valence-corrected chi connectivity index (χ2v) is 7.26. The van der Waals surface area contributed by atoms with Crippen LogP contribution in [-0.2, 0) is 9.59 Å². The Labute approximate surface area is 157 Å². The summed E-state index contributed by atoms with van der Waals surface area (Å²) in [6.07, 6.45) is 0.144. The molecular weight excluding hydrogens is 415 g/mol. The van der Waals surface area contributed by atoms with E-state index in [-0.39, 0.29) is 24.8 Å². The lowest BCUT2D eigenvalue weighted by molar-refractivity contribution is -0.122.